The van der Waals surface area contributed by atoms with Gasteiger partial charge in [-0.15, -0.1) is 5.10 Å². The largest absolute Gasteiger partial charge is 0.338 e. The van der Waals surface area contributed by atoms with Crippen molar-refractivity contribution in [3.05, 3.63) is 5.82 Å². The molecule has 0 saturated carbocycles. The fraction of sp³-hybridized carbons (Fsp3) is 0.882. The summed E-state index contributed by atoms with van der Waals surface area (Å²) < 4.78 is 1.95. The number of likely N-dealkylation sites (tertiary alicyclic amines) is 2. The number of tetrazole rings is 1. The second-order valence-corrected chi connectivity index (χ2v) is 7.00. The summed E-state index contributed by atoms with van der Waals surface area (Å²) in [4.78, 5) is 16.9. The van der Waals surface area contributed by atoms with Gasteiger partial charge in [0.2, 0.25) is 5.91 Å². The van der Waals surface area contributed by atoms with E-state index in [9.17, 15) is 4.79 Å². The standard InChI is InChI=1S/C17H30N6O/c1-3-5-12-23-16(18-19-20-23)13-21-10-6-8-14(21)15-9-7-11-22(15)17(24)4-2/h14-15H,3-13H2,1-2H3/t14-,15+/m1/s1. The molecule has 2 fully saturated rings. The lowest BCUT2D eigenvalue weighted by atomic mass is 10.0. The lowest BCUT2D eigenvalue weighted by Gasteiger charge is -2.34. The molecule has 1 aromatic rings. The van der Waals surface area contributed by atoms with Gasteiger partial charge in [-0.25, -0.2) is 4.68 Å². The number of hydrogen-bond acceptors (Lipinski definition) is 5. The van der Waals surface area contributed by atoms with Gasteiger partial charge in [0.1, 0.15) is 0 Å². The zero-order valence-electron chi connectivity index (χ0n) is 15.0. The van der Waals surface area contributed by atoms with E-state index < -0.39 is 0 Å². The molecule has 0 aliphatic carbocycles. The summed E-state index contributed by atoms with van der Waals surface area (Å²) in [6.45, 7) is 7.84. The minimum Gasteiger partial charge on any atom is -0.338 e. The molecule has 0 aromatic carbocycles. The Balaban J connectivity index is 1.67. The van der Waals surface area contributed by atoms with Crippen LogP contribution in [0.4, 0.5) is 0 Å². The summed E-state index contributed by atoms with van der Waals surface area (Å²) in [5, 5.41) is 12.3. The molecular weight excluding hydrogens is 304 g/mol. The zero-order valence-corrected chi connectivity index (χ0v) is 15.0. The molecule has 0 unspecified atom stereocenters. The van der Waals surface area contributed by atoms with Crippen molar-refractivity contribution in [1.29, 1.82) is 0 Å². The molecular formula is C17H30N6O. The first-order valence-electron chi connectivity index (χ1n) is 9.53. The van der Waals surface area contributed by atoms with Crippen LogP contribution in [0.25, 0.3) is 0 Å². The van der Waals surface area contributed by atoms with Gasteiger partial charge in [0.15, 0.2) is 5.82 Å². The Morgan fingerprint density at radius 2 is 1.96 bits per heavy atom. The molecule has 134 valence electrons. The Kier molecular flexibility index (Phi) is 5.81. The van der Waals surface area contributed by atoms with Crippen molar-refractivity contribution in [2.24, 2.45) is 0 Å². The molecule has 2 aliphatic heterocycles. The molecule has 3 rings (SSSR count). The third-order valence-corrected chi connectivity index (χ3v) is 5.45. The van der Waals surface area contributed by atoms with E-state index >= 15 is 0 Å². The summed E-state index contributed by atoms with van der Waals surface area (Å²) in [6.07, 6.45) is 7.49. The van der Waals surface area contributed by atoms with E-state index in [0.717, 1.165) is 57.7 Å². The number of aromatic nitrogens is 4. The highest BCUT2D eigenvalue weighted by Gasteiger charge is 2.39. The van der Waals surface area contributed by atoms with Gasteiger partial charge < -0.3 is 4.90 Å². The van der Waals surface area contributed by atoms with Crippen LogP contribution in [0.5, 0.6) is 0 Å². The van der Waals surface area contributed by atoms with Crippen LogP contribution in [0, 0.1) is 0 Å². The first-order valence-corrected chi connectivity index (χ1v) is 9.53. The number of nitrogens with zero attached hydrogens (tertiary/aromatic N) is 6. The number of unbranched alkanes of at least 4 members (excludes halogenated alkanes) is 1. The van der Waals surface area contributed by atoms with Crippen molar-refractivity contribution in [3.8, 4) is 0 Å². The lowest BCUT2D eigenvalue weighted by molar-refractivity contribution is -0.132. The summed E-state index contributed by atoms with van der Waals surface area (Å²) in [5.74, 6) is 1.26. The van der Waals surface area contributed by atoms with E-state index in [4.69, 9.17) is 0 Å². The van der Waals surface area contributed by atoms with Gasteiger partial charge in [-0.2, -0.15) is 0 Å². The van der Waals surface area contributed by atoms with E-state index in [1.165, 1.54) is 12.8 Å². The zero-order chi connectivity index (χ0) is 16.9. The molecule has 0 N–H and O–H groups in total. The predicted octanol–water partition coefficient (Wildman–Crippen LogP) is 1.84. The molecule has 2 saturated heterocycles. The van der Waals surface area contributed by atoms with Crippen LogP contribution in [0.15, 0.2) is 0 Å². The first-order chi connectivity index (χ1) is 11.7. The Bertz CT molecular complexity index is 545. The maximum Gasteiger partial charge on any atom is 0.222 e. The number of rotatable bonds is 7. The summed E-state index contributed by atoms with van der Waals surface area (Å²) in [5.41, 5.74) is 0. The average Bonchev–Trinajstić information content (AvgIpc) is 3.33. The van der Waals surface area contributed by atoms with Crippen molar-refractivity contribution in [3.63, 3.8) is 0 Å². The third kappa shape index (κ3) is 3.61. The SMILES string of the molecule is CCCCn1nnnc1CN1CCC[C@@H]1[C@@H]1CCCN1C(=O)CC. The van der Waals surface area contributed by atoms with E-state index in [1.54, 1.807) is 0 Å². The van der Waals surface area contributed by atoms with Gasteiger partial charge in [0, 0.05) is 31.6 Å². The molecule has 1 aromatic heterocycles. The molecule has 7 nitrogen and oxygen atoms in total. The van der Waals surface area contributed by atoms with Crippen LogP contribution in [0.1, 0.15) is 64.6 Å². The Morgan fingerprint density at radius 3 is 2.75 bits per heavy atom. The number of aryl methyl sites for hydroxylation is 1. The topological polar surface area (TPSA) is 67.2 Å². The summed E-state index contributed by atoms with van der Waals surface area (Å²) in [7, 11) is 0. The molecule has 0 bridgehead atoms. The highest BCUT2D eigenvalue weighted by Crippen LogP contribution is 2.31. The Labute approximate surface area is 144 Å². The maximum absolute atomic E-state index is 12.2. The van der Waals surface area contributed by atoms with Crippen molar-refractivity contribution in [2.45, 2.75) is 84.0 Å². The average molecular weight is 334 g/mol. The van der Waals surface area contributed by atoms with Crippen LogP contribution in [0.2, 0.25) is 0 Å². The fourth-order valence-electron chi connectivity index (χ4n) is 4.19. The monoisotopic (exact) mass is 334 g/mol. The van der Waals surface area contributed by atoms with Crippen molar-refractivity contribution < 1.29 is 4.79 Å². The van der Waals surface area contributed by atoms with E-state index in [2.05, 4.69) is 32.2 Å². The van der Waals surface area contributed by atoms with Crippen molar-refractivity contribution in [2.75, 3.05) is 13.1 Å². The number of hydrogen-bond donors (Lipinski definition) is 0. The molecule has 2 atom stereocenters. The van der Waals surface area contributed by atoms with Crippen LogP contribution in [-0.2, 0) is 17.9 Å². The second-order valence-electron chi connectivity index (χ2n) is 7.00. The molecule has 0 radical (unpaired) electrons. The molecule has 0 spiro atoms. The molecule has 3 heterocycles. The van der Waals surface area contributed by atoms with Crippen molar-refractivity contribution >= 4 is 5.91 Å². The highest BCUT2D eigenvalue weighted by atomic mass is 16.2. The third-order valence-electron chi connectivity index (χ3n) is 5.45. The number of carbonyl (C=O) groups is 1. The summed E-state index contributed by atoms with van der Waals surface area (Å²) >= 11 is 0. The van der Waals surface area contributed by atoms with Crippen LogP contribution < -0.4 is 0 Å². The van der Waals surface area contributed by atoms with Crippen molar-refractivity contribution in [1.82, 2.24) is 30.0 Å². The predicted molar refractivity (Wildman–Crippen MR) is 91.2 cm³/mol. The van der Waals surface area contributed by atoms with Gasteiger partial charge >= 0.3 is 0 Å². The Morgan fingerprint density at radius 1 is 1.17 bits per heavy atom. The van der Waals surface area contributed by atoms with Gasteiger partial charge in [0.05, 0.1) is 6.54 Å². The van der Waals surface area contributed by atoms with Gasteiger partial charge in [0.25, 0.3) is 0 Å². The number of carbonyl (C=O) groups excluding carboxylic acids is 1. The van der Waals surface area contributed by atoms with Crippen LogP contribution in [0.3, 0.4) is 0 Å². The van der Waals surface area contributed by atoms with Crippen LogP contribution >= 0.6 is 0 Å². The van der Waals surface area contributed by atoms with Gasteiger partial charge in [-0.05, 0) is 49.1 Å². The smallest absolute Gasteiger partial charge is 0.222 e. The molecule has 2 aliphatic rings. The molecule has 24 heavy (non-hydrogen) atoms. The fourth-order valence-corrected chi connectivity index (χ4v) is 4.19. The van der Waals surface area contributed by atoms with E-state index in [0.29, 0.717) is 24.4 Å². The normalized spacial score (nSPS) is 24.8. The van der Waals surface area contributed by atoms with E-state index in [1.807, 2.05) is 11.6 Å². The van der Waals surface area contributed by atoms with Gasteiger partial charge in [-0.3, -0.25) is 9.69 Å². The second kappa shape index (κ2) is 8.05. The quantitative estimate of drug-likeness (QED) is 0.761. The van der Waals surface area contributed by atoms with Gasteiger partial charge in [-0.1, -0.05) is 20.3 Å². The van der Waals surface area contributed by atoms with Crippen LogP contribution in [-0.4, -0.2) is 61.1 Å². The molecule has 1 amide bonds. The lowest BCUT2D eigenvalue weighted by Crippen LogP contribution is -2.48. The summed E-state index contributed by atoms with van der Waals surface area (Å²) in [6, 6.07) is 0.833. The minimum absolute atomic E-state index is 0.303. The maximum atomic E-state index is 12.2. The molecule has 7 heteroatoms. The first kappa shape index (κ1) is 17.3. The Hall–Kier alpha value is -1.50. The number of amides is 1. The highest BCUT2D eigenvalue weighted by molar-refractivity contribution is 5.76. The minimum atomic E-state index is 0.303. The van der Waals surface area contributed by atoms with E-state index in [-0.39, 0.29) is 0 Å².